The first-order valence-corrected chi connectivity index (χ1v) is 13.2. The van der Waals surface area contributed by atoms with Crippen molar-refractivity contribution < 1.29 is 9.59 Å². The molecule has 3 heterocycles. The summed E-state index contributed by atoms with van der Waals surface area (Å²) >= 11 is 1.35. The van der Waals surface area contributed by atoms with E-state index in [0.717, 1.165) is 44.5 Å². The molecule has 190 valence electrons. The van der Waals surface area contributed by atoms with E-state index in [-0.39, 0.29) is 11.8 Å². The van der Waals surface area contributed by atoms with Crippen LogP contribution in [0.4, 0.5) is 10.8 Å². The number of aryl methyl sites for hydroxylation is 2. The van der Waals surface area contributed by atoms with Crippen molar-refractivity contribution in [1.29, 1.82) is 0 Å². The zero-order chi connectivity index (χ0) is 26.9. The number of pyridine rings is 2. The highest BCUT2D eigenvalue weighted by Crippen LogP contribution is 2.27. The van der Waals surface area contributed by atoms with Crippen molar-refractivity contribution in [1.82, 2.24) is 15.0 Å². The zero-order valence-electron chi connectivity index (χ0n) is 21.2. The number of hydrogen-bond donors (Lipinski definition) is 2. The molecule has 0 spiro atoms. The van der Waals surface area contributed by atoms with Gasteiger partial charge in [0.25, 0.3) is 11.8 Å². The molecule has 3 aromatic carbocycles. The lowest BCUT2D eigenvalue weighted by Crippen LogP contribution is -2.12. The quantitative estimate of drug-likeness (QED) is 0.250. The van der Waals surface area contributed by atoms with Crippen LogP contribution >= 0.6 is 11.3 Å². The second kappa shape index (κ2) is 10.1. The van der Waals surface area contributed by atoms with E-state index in [1.807, 2.05) is 79.9 Å². The van der Waals surface area contributed by atoms with E-state index in [1.54, 1.807) is 24.3 Å². The Labute approximate surface area is 228 Å². The predicted molar refractivity (Wildman–Crippen MR) is 156 cm³/mol. The molecule has 39 heavy (non-hydrogen) atoms. The maximum Gasteiger partial charge on any atom is 0.257 e. The Hall–Kier alpha value is -4.95. The molecule has 6 rings (SSSR count). The van der Waals surface area contributed by atoms with Crippen LogP contribution in [0.3, 0.4) is 0 Å². The highest BCUT2D eigenvalue weighted by Gasteiger charge is 2.12. The summed E-state index contributed by atoms with van der Waals surface area (Å²) in [6.45, 7) is 3.85. The van der Waals surface area contributed by atoms with Crippen LogP contribution < -0.4 is 10.6 Å². The topological polar surface area (TPSA) is 96.9 Å². The summed E-state index contributed by atoms with van der Waals surface area (Å²) in [4.78, 5) is 39.2. The molecule has 0 bridgehead atoms. The summed E-state index contributed by atoms with van der Waals surface area (Å²) in [6, 6.07) is 26.3. The maximum absolute atomic E-state index is 12.8. The lowest BCUT2D eigenvalue weighted by molar-refractivity contribution is 0.101. The molecule has 0 aliphatic carbocycles. The largest absolute Gasteiger partial charge is 0.322 e. The van der Waals surface area contributed by atoms with Crippen LogP contribution in [0, 0.1) is 13.8 Å². The van der Waals surface area contributed by atoms with E-state index in [2.05, 4.69) is 25.6 Å². The minimum atomic E-state index is -0.238. The van der Waals surface area contributed by atoms with Gasteiger partial charge in [0, 0.05) is 49.9 Å². The molecule has 0 unspecified atom stereocenters. The molecule has 0 aliphatic rings. The Morgan fingerprint density at radius 2 is 1.18 bits per heavy atom. The van der Waals surface area contributed by atoms with Gasteiger partial charge in [0.2, 0.25) is 0 Å². The number of aromatic nitrogens is 3. The van der Waals surface area contributed by atoms with Crippen molar-refractivity contribution in [2.24, 2.45) is 0 Å². The Balaban J connectivity index is 1.12. The molecule has 3 aromatic heterocycles. The number of fused-ring (bicyclic) bond motifs is 2. The molecule has 0 fully saturated rings. The zero-order valence-corrected chi connectivity index (χ0v) is 22.0. The van der Waals surface area contributed by atoms with Crippen LogP contribution in [0.5, 0.6) is 0 Å². The second-order valence-electron chi connectivity index (χ2n) is 9.24. The third-order valence-corrected chi connectivity index (χ3v) is 7.11. The van der Waals surface area contributed by atoms with Gasteiger partial charge in [-0.25, -0.2) is 4.98 Å². The smallest absolute Gasteiger partial charge is 0.257 e. The SMILES string of the molecule is Cc1ccc2ccc(C(=O)Nc3ccc(-c4csc(NC(=O)c5ccc6ccc(C)nc6c5)n4)cc3)cc2n1. The van der Waals surface area contributed by atoms with Crippen LogP contribution in [0.2, 0.25) is 0 Å². The third-order valence-electron chi connectivity index (χ3n) is 6.35. The highest BCUT2D eigenvalue weighted by atomic mass is 32.1. The van der Waals surface area contributed by atoms with Crippen molar-refractivity contribution in [2.75, 3.05) is 10.6 Å². The van der Waals surface area contributed by atoms with Crippen molar-refractivity contribution in [2.45, 2.75) is 13.8 Å². The minimum absolute atomic E-state index is 0.203. The number of nitrogens with zero attached hydrogens (tertiary/aromatic N) is 3. The fourth-order valence-corrected chi connectivity index (χ4v) is 5.00. The number of carbonyl (C=O) groups is 2. The molecule has 0 saturated carbocycles. The maximum atomic E-state index is 12.8. The number of nitrogens with one attached hydrogen (secondary N) is 2. The average Bonchev–Trinajstić information content (AvgIpc) is 3.41. The van der Waals surface area contributed by atoms with Crippen molar-refractivity contribution in [3.63, 3.8) is 0 Å². The number of benzene rings is 3. The van der Waals surface area contributed by atoms with Crippen molar-refractivity contribution in [3.05, 3.63) is 113 Å². The molecule has 0 radical (unpaired) electrons. The van der Waals surface area contributed by atoms with Gasteiger partial charge in [-0.2, -0.15) is 0 Å². The van der Waals surface area contributed by atoms with Crippen LogP contribution in [0.1, 0.15) is 32.1 Å². The van der Waals surface area contributed by atoms with Crippen molar-refractivity contribution >= 4 is 55.8 Å². The van der Waals surface area contributed by atoms with E-state index in [4.69, 9.17) is 0 Å². The first-order chi connectivity index (χ1) is 18.9. The normalized spacial score (nSPS) is 11.0. The highest BCUT2D eigenvalue weighted by molar-refractivity contribution is 7.14. The van der Waals surface area contributed by atoms with Crippen LogP contribution in [-0.4, -0.2) is 26.8 Å². The number of anilines is 2. The van der Waals surface area contributed by atoms with Crippen molar-refractivity contribution in [3.8, 4) is 11.3 Å². The number of thiazole rings is 1. The summed E-state index contributed by atoms with van der Waals surface area (Å²) in [6.07, 6.45) is 0. The van der Waals surface area contributed by atoms with Gasteiger partial charge in [-0.05, 0) is 62.4 Å². The first kappa shape index (κ1) is 24.4. The summed E-state index contributed by atoms with van der Waals surface area (Å²) < 4.78 is 0. The van der Waals surface area contributed by atoms with Gasteiger partial charge in [0.05, 0.1) is 16.7 Å². The summed E-state index contributed by atoms with van der Waals surface area (Å²) in [7, 11) is 0. The average molecular weight is 530 g/mol. The number of carbonyl (C=O) groups excluding carboxylic acids is 2. The molecule has 7 nitrogen and oxygen atoms in total. The van der Waals surface area contributed by atoms with E-state index in [0.29, 0.717) is 21.9 Å². The Kier molecular flexibility index (Phi) is 6.30. The fraction of sp³-hybridized carbons (Fsp3) is 0.0645. The van der Waals surface area contributed by atoms with Gasteiger partial charge >= 0.3 is 0 Å². The number of amides is 2. The van der Waals surface area contributed by atoms with E-state index in [1.165, 1.54) is 11.3 Å². The van der Waals surface area contributed by atoms with Gasteiger partial charge in [0.15, 0.2) is 5.13 Å². The lowest BCUT2D eigenvalue weighted by atomic mass is 10.1. The van der Waals surface area contributed by atoms with E-state index in [9.17, 15) is 9.59 Å². The minimum Gasteiger partial charge on any atom is -0.322 e. The van der Waals surface area contributed by atoms with E-state index >= 15 is 0 Å². The monoisotopic (exact) mass is 529 g/mol. The van der Waals surface area contributed by atoms with Gasteiger partial charge in [-0.1, -0.05) is 36.4 Å². The summed E-state index contributed by atoms with van der Waals surface area (Å²) in [5, 5.41) is 10.2. The lowest BCUT2D eigenvalue weighted by Gasteiger charge is -2.07. The third kappa shape index (κ3) is 5.23. The number of rotatable bonds is 5. The molecule has 0 aliphatic heterocycles. The van der Waals surface area contributed by atoms with Gasteiger partial charge in [0.1, 0.15) is 0 Å². The standard InChI is InChI=1S/C31H23N5O2S/c1-18-3-5-20-7-9-23(15-26(20)32-18)29(37)34-25-13-11-22(12-14-25)28-17-39-31(35-28)36-30(38)24-10-8-21-6-4-19(2)33-27(21)16-24/h3-17H,1-2H3,(H,34,37)(H,35,36,38). The molecule has 0 saturated heterocycles. The predicted octanol–water partition coefficient (Wildman–Crippen LogP) is 7.03. The van der Waals surface area contributed by atoms with Crippen LogP contribution in [-0.2, 0) is 0 Å². The molecule has 8 heteroatoms. The summed E-state index contributed by atoms with van der Waals surface area (Å²) in [5.41, 5.74) is 6.72. The Morgan fingerprint density at radius 3 is 1.77 bits per heavy atom. The Morgan fingerprint density at radius 1 is 0.641 bits per heavy atom. The van der Waals surface area contributed by atoms with E-state index < -0.39 is 0 Å². The molecule has 2 N–H and O–H groups in total. The summed E-state index contributed by atoms with van der Waals surface area (Å²) in [5.74, 6) is -0.441. The first-order valence-electron chi connectivity index (χ1n) is 12.3. The second-order valence-corrected chi connectivity index (χ2v) is 10.1. The van der Waals surface area contributed by atoms with Gasteiger partial charge in [-0.3, -0.25) is 24.9 Å². The molecular formula is C31H23N5O2S. The van der Waals surface area contributed by atoms with Gasteiger partial charge in [-0.15, -0.1) is 11.3 Å². The molecule has 0 atom stereocenters. The Bertz CT molecular complexity index is 1880. The van der Waals surface area contributed by atoms with Gasteiger partial charge < -0.3 is 5.32 Å². The van der Waals surface area contributed by atoms with Crippen LogP contribution in [0.25, 0.3) is 33.1 Å². The fourth-order valence-electron chi connectivity index (χ4n) is 4.28. The molecule has 2 amide bonds. The molecule has 6 aromatic rings. The molecular weight excluding hydrogens is 506 g/mol. The van der Waals surface area contributed by atoms with Crippen LogP contribution in [0.15, 0.2) is 90.3 Å². The number of hydrogen-bond acceptors (Lipinski definition) is 6.